The topological polar surface area (TPSA) is 97.2 Å². The summed E-state index contributed by atoms with van der Waals surface area (Å²) in [4.78, 5) is 15.6. The molecule has 11 heteroatoms. The molecule has 7 nitrogen and oxygen atoms in total. The molecule has 2 heterocycles. The molecule has 4 aromatic rings. The van der Waals surface area contributed by atoms with Gasteiger partial charge in [0.15, 0.2) is 0 Å². The zero-order chi connectivity index (χ0) is 24.0. The molecule has 0 aliphatic carbocycles. The quantitative estimate of drug-likeness (QED) is 0.410. The lowest BCUT2D eigenvalue weighted by molar-refractivity contribution is -0.274. The highest BCUT2D eigenvalue weighted by Gasteiger charge is 2.31. The van der Waals surface area contributed by atoms with Crippen LogP contribution >= 0.6 is 0 Å². The Bertz CT molecular complexity index is 1500. The van der Waals surface area contributed by atoms with E-state index in [0.717, 1.165) is 12.1 Å². The van der Waals surface area contributed by atoms with E-state index >= 15 is 0 Å². The SMILES string of the molecule is Cn1cc(-c2cc(S(C)(=N)=O)ccc2Oc2ccc(OC(F)(F)F)cc2)c2cc[nH]c2c1=O. The Morgan fingerprint density at radius 2 is 1.70 bits per heavy atom. The molecule has 4 rings (SSSR count). The van der Waals surface area contributed by atoms with Gasteiger partial charge in [0.25, 0.3) is 5.56 Å². The molecule has 33 heavy (non-hydrogen) atoms. The van der Waals surface area contributed by atoms with Crippen molar-refractivity contribution in [2.75, 3.05) is 6.26 Å². The fraction of sp³-hybridized carbons (Fsp3) is 0.136. The predicted molar refractivity (Wildman–Crippen MR) is 117 cm³/mol. The van der Waals surface area contributed by atoms with E-state index in [2.05, 4.69) is 9.72 Å². The molecule has 0 spiro atoms. The number of pyridine rings is 1. The smallest absolute Gasteiger partial charge is 0.457 e. The van der Waals surface area contributed by atoms with Crippen molar-refractivity contribution in [3.05, 3.63) is 71.3 Å². The standard InChI is InChI=1S/C22H18F3N3O4S/c1-28-12-18(16-9-10-27-20(16)21(28)29)17-11-15(33(2,26)30)7-8-19(17)31-13-3-5-14(6-4-13)32-22(23,24)25/h3-12,26-27H,1-2H3. The third-order valence-electron chi connectivity index (χ3n) is 4.87. The summed E-state index contributed by atoms with van der Waals surface area (Å²) < 4.78 is 68.7. The molecule has 0 bridgehead atoms. The average Bonchev–Trinajstić information content (AvgIpc) is 3.21. The molecule has 172 valence electrons. The van der Waals surface area contributed by atoms with E-state index < -0.39 is 21.8 Å². The van der Waals surface area contributed by atoms with Crippen LogP contribution in [0, 0.1) is 4.78 Å². The molecule has 0 amide bonds. The Morgan fingerprint density at radius 3 is 2.33 bits per heavy atom. The molecule has 0 aliphatic rings. The average molecular weight is 477 g/mol. The zero-order valence-corrected chi connectivity index (χ0v) is 18.2. The number of hydrogen-bond donors (Lipinski definition) is 2. The number of H-pyrrole nitrogens is 1. The molecular formula is C22H18F3N3O4S. The normalized spacial score (nSPS) is 13.6. The van der Waals surface area contributed by atoms with Crippen LogP contribution in [0.4, 0.5) is 13.2 Å². The van der Waals surface area contributed by atoms with Crippen molar-refractivity contribution in [1.29, 1.82) is 4.78 Å². The third kappa shape index (κ3) is 4.72. The van der Waals surface area contributed by atoms with Crippen molar-refractivity contribution in [2.45, 2.75) is 11.3 Å². The maximum Gasteiger partial charge on any atom is 0.573 e. The Morgan fingerprint density at radius 1 is 1.03 bits per heavy atom. The largest absolute Gasteiger partial charge is 0.573 e. The summed E-state index contributed by atoms with van der Waals surface area (Å²) in [5.41, 5.74) is 1.18. The Kier molecular flexibility index (Phi) is 5.44. The van der Waals surface area contributed by atoms with Crippen LogP contribution in [-0.4, -0.2) is 26.4 Å². The first-order valence-electron chi connectivity index (χ1n) is 9.51. The molecular weight excluding hydrogens is 459 g/mol. The first kappa shape index (κ1) is 22.5. The summed E-state index contributed by atoms with van der Waals surface area (Å²) >= 11 is 0. The van der Waals surface area contributed by atoms with Crippen molar-refractivity contribution in [3.63, 3.8) is 0 Å². The number of ether oxygens (including phenoxy) is 2. The molecule has 1 unspecified atom stereocenters. The van der Waals surface area contributed by atoms with Gasteiger partial charge in [0.05, 0.1) is 9.73 Å². The highest BCUT2D eigenvalue weighted by Crippen LogP contribution is 2.38. The summed E-state index contributed by atoms with van der Waals surface area (Å²) in [5, 5.41) is 0.599. The predicted octanol–water partition coefficient (Wildman–Crippen LogP) is 5.26. The first-order chi connectivity index (χ1) is 15.4. The molecule has 1 atom stereocenters. The molecule has 0 saturated carbocycles. The van der Waals surface area contributed by atoms with Crippen molar-refractivity contribution >= 4 is 20.6 Å². The highest BCUT2D eigenvalue weighted by molar-refractivity contribution is 7.91. The van der Waals surface area contributed by atoms with Crippen LogP contribution in [0.15, 0.2) is 70.6 Å². The minimum absolute atomic E-state index is 0.233. The number of aromatic nitrogens is 2. The molecule has 2 aromatic heterocycles. The number of hydrogen-bond acceptors (Lipinski definition) is 5. The van der Waals surface area contributed by atoms with Gasteiger partial charge >= 0.3 is 6.36 Å². The van der Waals surface area contributed by atoms with Gasteiger partial charge < -0.3 is 19.0 Å². The number of benzene rings is 2. The number of rotatable bonds is 5. The van der Waals surface area contributed by atoms with Crippen LogP contribution in [0.25, 0.3) is 22.0 Å². The second kappa shape index (κ2) is 8.00. The van der Waals surface area contributed by atoms with Gasteiger partial charge in [0.2, 0.25) is 0 Å². The highest BCUT2D eigenvalue weighted by atomic mass is 32.2. The molecule has 2 N–H and O–H groups in total. The monoisotopic (exact) mass is 477 g/mol. The van der Waals surface area contributed by atoms with Crippen LogP contribution in [0.1, 0.15) is 0 Å². The zero-order valence-electron chi connectivity index (χ0n) is 17.4. The molecule has 0 saturated heterocycles. The Labute approximate surface area is 186 Å². The van der Waals surface area contributed by atoms with Gasteiger partial charge in [0, 0.05) is 47.1 Å². The van der Waals surface area contributed by atoms with Crippen LogP contribution in [0.5, 0.6) is 17.2 Å². The molecule has 0 aliphatic heterocycles. The van der Waals surface area contributed by atoms with Crippen molar-refractivity contribution < 1.29 is 26.9 Å². The van der Waals surface area contributed by atoms with E-state index in [1.165, 1.54) is 35.1 Å². The van der Waals surface area contributed by atoms with Gasteiger partial charge in [-0.25, -0.2) is 8.99 Å². The van der Waals surface area contributed by atoms with Crippen molar-refractivity contribution in [2.24, 2.45) is 7.05 Å². The third-order valence-corrected chi connectivity index (χ3v) is 6.02. The first-order valence-corrected chi connectivity index (χ1v) is 11.5. The number of nitrogens with one attached hydrogen (secondary N) is 2. The molecule has 0 radical (unpaired) electrons. The maximum atomic E-state index is 12.4. The van der Waals surface area contributed by atoms with Gasteiger partial charge in [-0.2, -0.15) is 0 Å². The van der Waals surface area contributed by atoms with E-state index in [0.29, 0.717) is 27.8 Å². The number of alkyl halides is 3. The Balaban J connectivity index is 1.83. The summed E-state index contributed by atoms with van der Waals surface area (Å²) in [5.74, 6) is 0.141. The Hall–Kier alpha value is -3.73. The number of halogens is 3. The van der Waals surface area contributed by atoms with Gasteiger partial charge in [-0.3, -0.25) is 4.79 Å². The van der Waals surface area contributed by atoms with Crippen LogP contribution in [0.3, 0.4) is 0 Å². The lowest BCUT2D eigenvalue weighted by Gasteiger charge is -2.15. The van der Waals surface area contributed by atoms with E-state index in [-0.39, 0.29) is 16.2 Å². The summed E-state index contributed by atoms with van der Waals surface area (Å²) in [6, 6.07) is 11.2. The van der Waals surface area contributed by atoms with Crippen molar-refractivity contribution in [3.8, 4) is 28.4 Å². The lowest BCUT2D eigenvalue weighted by Crippen LogP contribution is -2.17. The molecule has 0 fully saturated rings. The van der Waals surface area contributed by atoms with Crippen LogP contribution < -0.4 is 15.0 Å². The second-order valence-electron chi connectivity index (χ2n) is 7.35. The maximum absolute atomic E-state index is 12.4. The lowest BCUT2D eigenvalue weighted by atomic mass is 10.0. The van der Waals surface area contributed by atoms with E-state index in [9.17, 15) is 22.2 Å². The van der Waals surface area contributed by atoms with Gasteiger partial charge in [-0.1, -0.05) is 0 Å². The molecule has 2 aromatic carbocycles. The van der Waals surface area contributed by atoms with Gasteiger partial charge in [0.1, 0.15) is 22.8 Å². The van der Waals surface area contributed by atoms with Crippen molar-refractivity contribution in [1.82, 2.24) is 9.55 Å². The summed E-state index contributed by atoms with van der Waals surface area (Å²) in [6.45, 7) is 0. The van der Waals surface area contributed by atoms with E-state index in [4.69, 9.17) is 9.52 Å². The number of nitrogens with zero attached hydrogens (tertiary/aromatic N) is 1. The second-order valence-corrected chi connectivity index (χ2v) is 9.51. The van der Waals surface area contributed by atoms with E-state index in [1.54, 1.807) is 31.6 Å². The minimum Gasteiger partial charge on any atom is -0.457 e. The number of aryl methyl sites for hydroxylation is 1. The number of fused-ring (bicyclic) bond motifs is 1. The summed E-state index contributed by atoms with van der Waals surface area (Å²) in [7, 11) is -1.47. The number of aromatic amines is 1. The van der Waals surface area contributed by atoms with Crippen LogP contribution in [0.2, 0.25) is 0 Å². The van der Waals surface area contributed by atoms with Gasteiger partial charge in [-0.15, -0.1) is 13.2 Å². The fourth-order valence-corrected chi connectivity index (χ4v) is 4.04. The minimum atomic E-state index is -4.81. The summed E-state index contributed by atoms with van der Waals surface area (Å²) in [6.07, 6.45) is -0.294. The van der Waals surface area contributed by atoms with Crippen LogP contribution in [-0.2, 0) is 16.8 Å². The van der Waals surface area contributed by atoms with E-state index in [1.807, 2.05) is 0 Å². The fourth-order valence-electron chi connectivity index (χ4n) is 3.37. The van der Waals surface area contributed by atoms with Gasteiger partial charge in [-0.05, 0) is 48.5 Å².